The van der Waals surface area contributed by atoms with E-state index in [1.807, 2.05) is 51.1 Å². The molecule has 0 aromatic heterocycles. The van der Waals surface area contributed by atoms with Crippen LogP contribution in [-0.2, 0) is 11.3 Å². The number of rotatable bonds is 4. The largest absolute Gasteiger partial charge is 0.489 e. The maximum absolute atomic E-state index is 14.2. The Balaban J connectivity index is 1.56. The molecule has 0 aliphatic carbocycles. The van der Waals surface area contributed by atoms with Crippen LogP contribution in [-0.4, -0.2) is 47.8 Å². The van der Waals surface area contributed by atoms with E-state index in [9.17, 15) is 14.0 Å². The summed E-state index contributed by atoms with van der Waals surface area (Å²) >= 11 is 0. The Labute approximate surface area is 199 Å². The van der Waals surface area contributed by atoms with E-state index in [4.69, 9.17) is 9.47 Å². The number of amides is 3. The van der Waals surface area contributed by atoms with Gasteiger partial charge in [0.15, 0.2) is 0 Å². The number of ether oxygens (including phenoxy) is 2. The van der Waals surface area contributed by atoms with Gasteiger partial charge in [-0.2, -0.15) is 0 Å². The second kappa shape index (κ2) is 9.52. The number of likely N-dealkylation sites (tertiary alicyclic amines) is 1. The molecule has 2 heterocycles. The van der Waals surface area contributed by atoms with Crippen LogP contribution < -0.4 is 15.4 Å². The van der Waals surface area contributed by atoms with Gasteiger partial charge >= 0.3 is 12.1 Å². The fourth-order valence-electron chi connectivity index (χ4n) is 4.70. The van der Waals surface area contributed by atoms with Crippen molar-refractivity contribution in [3.63, 3.8) is 0 Å². The third-order valence-corrected chi connectivity index (χ3v) is 6.39. The minimum absolute atomic E-state index is 0.155. The van der Waals surface area contributed by atoms with Crippen molar-refractivity contribution in [3.05, 3.63) is 65.5 Å². The predicted octanol–water partition coefficient (Wildman–Crippen LogP) is 4.57. The van der Waals surface area contributed by atoms with Gasteiger partial charge in [0.05, 0.1) is 5.54 Å². The first kappa shape index (κ1) is 23.9. The Morgan fingerprint density at radius 3 is 2.53 bits per heavy atom. The molecule has 2 N–H and O–H groups in total. The van der Waals surface area contributed by atoms with E-state index in [0.29, 0.717) is 44.8 Å². The topological polar surface area (TPSA) is 79.9 Å². The molecule has 0 bridgehead atoms. The number of hydrogen-bond donors (Lipinski definition) is 2. The first-order chi connectivity index (χ1) is 16.2. The normalized spacial score (nSPS) is 19.8. The van der Waals surface area contributed by atoms with Crippen LogP contribution in [0.1, 0.15) is 50.7 Å². The van der Waals surface area contributed by atoms with Crippen LogP contribution in [0.25, 0.3) is 0 Å². The van der Waals surface area contributed by atoms with Crippen LogP contribution in [0.3, 0.4) is 0 Å². The minimum Gasteiger partial charge on any atom is -0.489 e. The predicted molar refractivity (Wildman–Crippen MR) is 126 cm³/mol. The average Bonchev–Trinajstić information content (AvgIpc) is 2.78. The van der Waals surface area contributed by atoms with Crippen molar-refractivity contribution in [1.29, 1.82) is 0 Å². The zero-order valence-corrected chi connectivity index (χ0v) is 19.9. The maximum atomic E-state index is 14.2. The minimum atomic E-state index is -0.580. The van der Waals surface area contributed by atoms with Crippen molar-refractivity contribution >= 4 is 12.1 Å². The van der Waals surface area contributed by atoms with E-state index in [2.05, 4.69) is 10.6 Å². The molecule has 8 heteroatoms. The smallest absolute Gasteiger partial charge is 0.410 e. The Morgan fingerprint density at radius 1 is 1.15 bits per heavy atom. The SMILES string of the molecule is CC(C)(C)OC(=O)N1CCC2(CC1)NC(=O)NCC2c1ccc(F)cc1OCc1ccccc1. The van der Waals surface area contributed by atoms with Crippen molar-refractivity contribution in [2.24, 2.45) is 0 Å². The van der Waals surface area contributed by atoms with Crippen LogP contribution in [0.15, 0.2) is 48.5 Å². The van der Waals surface area contributed by atoms with Crippen molar-refractivity contribution in [1.82, 2.24) is 15.5 Å². The van der Waals surface area contributed by atoms with Crippen LogP contribution in [0.5, 0.6) is 5.75 Å². The molecule has 1 spiro atoms. The van der Waals surface area contributed by atoms with Crippen molar-refractivity contribution in [2.45, 2.75) is 57.3 Å². The second-order valence-electron chi connectivity index (χ2n) is 9.97. The van der Waals surface area contributed by atoms with Gasteiger partial charge in [0.1, 0.15) is 23.8 Å². The van der Waals surface area contributed by atoms with Gasteiger partial charge in [0.25, 0.3) is 0 Å². The maximum Gasteiger partial charge on any atom is 0.410 e. The van der Waals surface area contributed by atoms with Crippen molar-refractivity contribution in [3.8, 4) is 5.75 Å². The summed E-state index contributed by atoms with van der Waals surface area (Å²) in [6, 6.07) is 14.0. The first-order valence-corrected chi connectivity index (χ1v) is 11.7. The molecule has 2 aliphatic rings. The van der Waals surface area contributed by atoms with Gasteiger partial charge in [-0.1, -0.05) is 36.4 Å². The quantitative estimate of drug-likeness (QED) is 0.688. The molecule has 2 fully saturated rings. The highest BCUT2D eigenvalue weighted by molar-refractivity contribution is 5.77. The van der Waals surface area contributed by atoms with E-state index in [0.717, 1.165) is 11.1 Å². The van der Waals surface area contributed by atoms with Crippen molar-refractivity contribution in [2.75, 3.05) is 19.6 Å². The number of carbonyl (C=O) groups is 2. The number of nitrogens with zero attached hydrogens (tertiary/aromatic N) is 1. The molecular weight excluding hydrogens is 437 g/mol. The summed E-state index contributed by atoms with van der Waals surface area (Å²) in [6.07, 6.45) is 0.757. The van der Waals surface area contributed by atoms with Crippen LogP contribution in [0, 0.1) is 5.82 Å². The molecule has 2 aliphatic heterocycles. The fraction of sp³-hybridized carbons (Fsp3) is 0.462. The van der Waals surface area contributed by atoms with E-state index in [1.54, 1.807) is 11.0 Å². The zero-order chi connectivity index (χ0) is 24.3. The summed E-state index contributed by atoms with van der Waals surface area (Å²) < 4.78 is 25.8. The van der Waals surface area contributed by atoms with Gasteiger partial charge in [0.2, 0.25) is 0 Å². The summed E-state index contributed by atoms with van der Waals surface area (Å²) in [6.45, 7) is 7.12. The van der Waals surface area contributed by atoms with E-state index in [1.165, 1.54) is 12.1 Å². The number of piperidine rings is 1. The summed E-state index contributed by atoms with van der Waals surface area (Å²) in [5.41, 5.74) is 0.657. The van der Waals surface area contributed by atoms with E-state index in [-0.39, 0.29) is 23.9 Å². The number of halogens is 1. The molecule has 182 valence electrons. The van der Waals surface area contributed by atoms with Gasteiger partial charge < -0.3 is 25.0 Å². The third kappa shape index (κ3) is 5.43. The molecule has 7 nitrogen and oxygen atoms in total. The molecule has 2 aromatic carbocycles. The lowest BCUT2D eigenvalue weighted by Crippen LogP contribution is -2.66. The highest BCUT2D eigenvalue weighted by atomic mass is 19.1. The molecule has 4 rings (SSSR count). The molecule has 1 atom stereocenters. The first-order valence-electron chi connectivity index (χ1n) is 11.7. The lowest BCUT2D eigenvalue weighted by Gasteiger charge is -2.49. The number of benzene rings is 2. The lowest BCUT2D eigenvalue weighted by atomic mass is 9.71. The summed E-state index contributed by atoms with van der Waals surface area (Å²) in [7, 11) is 0. The van der Waals surface area contributed by atoms with E-state index < -0.39 is 11.1 Å². The Kier molecular flexibility index (Phi) is 6.68. The van der Waals surface area contributed by atoms with Crippen LogP contribution in [0.4, 0.5) is 14.0 Å². The molecule has 0 saturated carbocycles. The van der Waals surface area contributed by atoms with Gasteiger partial charge in [0, 0.05) is 37.2 Å². The van der Waals surface area contributed by atoms with Gasteiger partial charge in [-0.05, 0) is 45.2 Å². The zero-order valence-electron chi connectivity index (χ0n) is 19.9. The molecule has 2 saturated heterocycles. The standard InChI is InChI=1S/C26H32FN3O4/c1-25(2,3)34-24(32)30-13-11-26(12-14-30)21(16-28-23(31)29-26)20-10-9-19(27)15-22(20)33-17-18-7-5-4-6-8-18/h4-10,15,21H,11-14,16-17H2,1-3H3,(H2,28,29,31). The molecule has 0 radical (unpaired) electrons. The molecule has 2 aromatic rings. The number of nitrogens with one attached hydrogen (secondary N) is 2. The van der Waals surface area contributed by atoms with Gasteiger partial charge in [-0.3, -0.25) is 0 Å². The number of urea groups is 1. The lowest BCUT2D eigenvalue weighted by molar-refractivity contribution is 0.0126. The molecule has 3 amide bonds. The summed E-state index contributed by atoms with van der Waals surface area (Å²) in [4.78, 5) is 26.6. The van der Waals surface area contributed by atoms with Gasteiger partial charge in [-0.15, -0.1) is 0 Å². The van der Waals surface area contributed by atoms with E-state index >= 15 is 0 Å². The number of hydrogen-bond acceptors (Lipinski definition) is 4. The van der Waals surface area contributed by atoms with Gasteiger partial charge in [-0.25, -0.2) is 14.0 Å². The average molecular weight is 470 g/mol. The third-order valence-electron chi connectivity index (χ3n) is 6.39. The fourth-order valence-corrected chi connectivity index (χ4v) is 4.70. The Hall–Kier alpha value is -3.29. The molecule has 34 heavy (non-hydrogen) atoms. The second-order valence-corrected chi connectivity index (χ2v) is 9.97. The Bertz CT molecular complexity index is 1030. The van der Waals surface area contributed by atoms with Crippen LogP contribution in [0.2, 0.25) is 0 Å². The Morgan fingerprint density at radius 2 is 1.85 bits per heavy atom. The number of carbonyl (C=O) groups excluding carboxylic acids is 2. The van der Waals surface area contributed by atoms with Crippen molar-refractivity contribution < 1.29 is 23.5 Å². The molecule has 1 unspecified atom stereocenters. The van der Waals surface area contributed by atoms with Crippen LogP contribution >= 0.6 is 0 Å². The highest BCUT2D eigenvalue weighted by Gasteiger charge is 2.48. The monoisotopic (exact) mass is 469 g/mol. The highest BCUT2D eigenvalue weighted by Crippen LogP contribution is 2.42. The molecular formula is C26H32FN3O4. The summed E-state index contributed by atoms with van der Waals surface area (Å²) in [5.74, 6) is -0.0773. The summed E-state index contributed by atoms with van der Waals surface area (Å²) in [5, 5.41) is 6.00.